The minimum absolute atomic E-state index is 0.0994. The van der Waals surface area contributed by atoms with Crippen LogP contribution in [0, 0.1) is 20.8 Å². The summed E-state index contributed by atoms with van der Waals surface area (Å²) >= 11 is 0. The number of benzene rings is 2. The molecule has 2 aromatic carbocycles. The second-order valence-corrected chi connectivity index (χ2v) is 6.36. The van der Waals surface area contributed by atoms with E-state index in [0.29, 0.717) is 28.2 Å². The average molecular weight is 351 g/mol. The molecule has 134 valence electrons. The van der Waals surface area contributed by atoms with Crippen molar-refractivity contribution in [2.45, 2.75) is 27.3 Å². The van der Waals surface area contributed by atoms with E-state index in [1.165, 1.54) is 4.57 Å². The quantitative estimate of drug-likeness (QED) is 0.784. The standard InChI is InChI=1S/C20H21N3O3/c1-12-7-13(2)9-15(8-12)22-19(24)11-23-14(3)21-18-6-5-16(26-4)10-17(18)20(23)25/h5-10H,11H2,1-4H3,(H,22,24). The lowest BCUT2D eigenvalue weighted by Gasteiger charge is -2.12. The minimum Gasteiger partial charge on any atom is -0.497 e. The van der Waals surface area contributed by atoms with E-state index >= 15 is 0 Å². The van der Waals surface area contributed by atoms with Crippen molar-refractivity contribution < 1.29 is 9.53 Å². The number of aromatic nitrogens is 2. The van der Waals surface area contributed by atoms with Crippen molar-refractivity contribution in [2.24, 2.45) is 0 Å². The van der Waals surface area contributed by atoms with Crippen LogP contribution in [-0.2, 0) is 11.3 Å². The maximum absolute atomic E-state index is 12.8. The van der Waals surface area contributed by atoms with Gasteiger partial charge >= 0.3 is 0 Å². The molecule has 1 amide bonds. The van der Waals surface area contributed by atoms with Gasteiger partial charge in [0.1, 0.15) is 18.1 Å². The Morgan fingerprint density at radius 1 is 1.12 bits per heavy atom. The zero-order valence-corrected chi connectivity index (χ0v) is 15.3. The number of carbonyl (C=O) groups excluding carboxylic acids is 1. The van der Waals surface area contributed by atoms with Gasteiger partial charge in [-0.15, -0.1) is 0 Å². The number of rotatable bonds is 4. The van der Waals surface area contributed by atoms with Crippen LogP contribution in [0.1, 0.15) is 17.0 Å². The number of aryl methyl sites for hydroxylation is 3. The fourth-order valence-electron chi connectivity index (χ4n) is 3.02. The first-order valence-electron chi connectivity index (χ1n) is 8.30. The van der Waals surface area contributed by atoms with E-state index in [9.17, 15) is 9.59 Å². The average Bonchev–Trinajstić information content (AvgIpc) is 2.57. The molecule has 0 aliphatic carbocycles. The number of nitrogens with one attached hydrogen (secondary N) is 1. The first kappa shape index (κ1) is 17.7. The van der Waals surface area contributed by atoms with Crippen LogP contribution in [-0.4, -0.2) is 22.6 Å². The summed E-state index contributed by atoms with van der Waals surface area (Å²) in [6.07, 6.45) is 0. The van der Waals surface area contributed by atoms with E-state index in [2.05, 4.69) is 10.3 Å². The number of amides is 1. The van der Waals surface area contributed by atoms with Gasteiger partial charge in [-0.05, 0) is 62.2 Å². The topological polar surface area (TPSA) is 73.2 Å². The summed E-state index contributed by atoms with van der Waals surface area (Å²) in [6, 6.07) is 11.0. The summed E-state index contributed by atoms with van der Waals surface area (Å²) in [5.74, 6) is 0.791. The van der Waals surface area contributed by atoms with Crippen LogP contribution in [0.5, 0.6) is 5.75 Å². The van der Waals surface area contributed by atoms with Crippen molar-refractivity contribution in [1.82, 2.24) is 9.55 Å². The van der Waals surface area contributed by atoms with Crippen LogP contribution in [0.2, 0.25) is 0 Å². The zero-order chi connectivity index (χ0) is 18.8. The number of anilines is 1. The smallest absolute Gasteiger partial charge is 0.261 e. The molecular weight excluding hydrogens is 330 g/mol. The highest BCUT2D eigenvalue weighted by Gasteiger charge is 2.13. The number of hydrogen-bond donors (Lipinski definition) is 1. The molecule has 6 heteroatoms. The van der Waals surface area contributed by atoms with Gasteiger partial charge in [-0.2, -0.15) is 0 Å². The molecule has 1 heterocycles. The zero-order valence-electron chi connectivity index (χ0n) is 15.3. The monoisotopic (exact) mass is 351 g/mol. The number of ether oxygens (including phenoxy) is 1. The van der Waals surface area contributed by atoms with Gasteiger partial charge in [0.25, 0.3) is 5.56 Å². The lowest BCUT2D eigenvalue weighted by atomic mass is 10.1. The van der Waals surface area contributed by atoms with E-state index in [0.717, 1.165) is 11.1 Å². The molecule has 0 fully saturated rings. The van der Waals surface area contributed by atoms with Gasteiger partial charge in [-0.3, -0.25) is 14.2 Å². The minimum atomic E-state index is -0.274. The van der Waals surface area contributed by atoms with Crippen LogP contribution in [0.25, 0.3) is 10.9 Å². The molecule has 0 atom stereocenters. The molecule has 0 saturated heterocycles. The van der Waals surface area contributed by atoms with Crippen molar-refractivity contribution >= 4 is 22.5 Å². The first-order valence-corrected chi connectivity index (χ1v) is 8.30. The third kappa shape index (κ3) is 3.59. The molecule has 0 unspecified atom stereocenters. The van der Waals surface area contributed by atoms with E-state index in [1.807, 2.05) is 32.0 Å². The van der Waals surface area contributed by atoms with Crippen molar-refractivity contribution in [3.63, 3.8) is 0 Å². The molecule has 0 spiro atoms. The predicted molar refractivity (Wildman–Crippen MR) is 102 cm³/mol. The third-order valence-corrected chi connectivity index (χ3v) is 4.16. The highest BCUT2D eigenvalue weighted by atomic mass is 16.5. The molecule has 1 aromatic heterocycles. The third-order valence-electron chi connectivity index (χ3n) is 4.16. The Kier molecular flexibility index (Phi) is 4.75. The molecule has 0 bridgehead atoms. The lowest BCUT2D eigenvalue weighted by Crippen LogP contribution is -2.30. The largest absolute Gasteiger partial charge is 0.497 e. The van der Waals surface area contributed by atoms with Gasteiger partial charge in [0.15, 0.2) is 0 Å². The van der Waals surface area contributed by atoms with Gasteiger partial charge < -0.3 is 10.1 Å². The van der Waals surface area contributed by atoms with Crippen molar-refractivity contribution in [1.29, 1.82) is 0 Å². The number of methoxy groups -OCH3 is 1. The Balaban J connectivity index is 1.92. The van der Waals surface area contributed by atoms with Crippen LogP contribution in [0.4, 0.5) is 5.69 Å². The van der Waals surface area contributed by atoms with Crippen molar-refractivity contribution in [3.05, 3.63) is 63.7 Å². The second-order valence-electron chi connectivity index (χ2n) is 6.36. The Labute approximate surface area is 151 Å². The lowest BCUT2D eigenvalue weighted by molar-refractivity contribution is -0.116. The maximum atomic E-state index is 12.8. The molecule has 0 aliphatic heterocycles. The second kappa shape index (κ2) is 7.00. The summed E-state index contributed by atoms with van der Waals surface area (Å²) < 4.78 is 6.55. The van der Waals surface area contributed by atoms with Crippen LogP contribution in [0.3, 0.4) is 0 Å². The number of hydrogen-bond acceptors (Lipinski definition) is 4. The number of nitrogens with zero attached hydrogens (tertiary/aromatic N) is 2. The first-order chi connectivity index (χ1) is 12.4. The van der Waals surface area contributed by atoms with E-state index in [1.54, 1.807) is 32.2 Å². The fraction of sp³-hybridized carbons (Fsp3) is 0.250. The molecular formula is C20H21N3O3. The Morgan fingerprint density at radius 3 is 2.46 bits per heavy atom. The van der Waals surface area contributed by atoms with E-state index in [4.69, 9.17) is 4.74 Å². The van der Waals surface area contributed by atoms with Crippen molar-refractivity contribution in [2.75, 3.05) is 12.4 Å². The summed E-state index contributed by atoms with van der Waals surface area (Å²) in [7, 11) is 1.54. The van der Waals surface area contributed by atoms with Crippen LogP contribution < -0.4 is 15.6 Å². The molecule has 0 saturated carbocycles. The molecule has 3 aromatic rings. The number of carbonyl (C=O) groups is 1. The summed E-state index contributed by atoms with van der Waals surface area (Å²) in [5.41, 5.74) is 3.16. The molecule has 1 N–H and O–H groups in total. The molecule has 3 rings (SSSR count). The van der Waals surface area contributed by atoms with Crippen LogP contribution >= 0.6 is 0 Å². The molecule has 0 aliphatic rings. The fourth-order valence-corrected chi connectivity index (χ4v) is 3.02. The molecule has 6 nitrogen and oxygen atoms in total. The van der Waals surface area contributed by atoms with E-state index < -0.39 is 0 Å². The van der Waals surface area contributed by atoms with Gasteiger partial charge in [-0.25, -0.2) is 4.98 Å². The molecule has 0 radical (unpaired) electrons. The highest BCUT2D eigenvalue weighted by Crippen LogP contribution is 2.17. The van der Waals surface area contributed by atoms with Gasteiger partial charge in [-0.1, -0.05) is 6.07 Å². The van der Waals surface area contributed by atoms with Crippen LogP contribution in [0.15, 0.2) is 41.2 Å². The Hall–Kier alpha value is -3.15. The Bertz CT molecular complexity index is 1030. The SMILES string of the molecule is COc1ccc2nc(C)n(CC(=O)Nc3cc(C)cc(C)c3)c(=O)c2c1. The maximum Gasteiger partial charge on any atom is 0.261 e. The van der Waals surface area contributed by atoms with Gasteiger partial charge in [0.05, 0.1) is 18.0 Å². The number of fused-ring (bicyclic) bond motifs is 1. The summed E-state index contributed by atoms with van der Waals surface area (Å²) in [5, 5.41) is 3.27. The summed E-state index contributed by atoms with van der Waals surface area (Å²) in [4.78, 5) is 29.7. The van der Waals surface area contributed by atoms with Gasteiger partial charge in [0, 0.05) is 5.69 Å². The normalized spacial score (nSPS) is 10.8. The van der Waals surface area contributed by atoms with Gasteiger partial charge in [0.2, 0.25) is 5.91 Å². The summed E-state index contributed by atoms with van der Waals surface area (Å²) in [6.45, 7) is 5.56. The predicted octanol–water partition coefficient (Wildman–Crippen LogP) is 2.97. The van der Waals surface area contributed by atoms with E-state index in [-0.39, 0.29) is 18.0 Å². The Morgan fingerprint density at radius 2 is 1.81 bits per heavy atom. The van der Waals surface area contributed by atoms with Crippen molar-refractivity contribution in [3.8, 4) is 5.75 Å². The molecule has 26 heavy (non-hydrogen) atoms. The highest BCUT2D eigenvalue weighted by molar-refractivity contribution is 5.91.